The number of hydrogen-bond donors (Lipinski definition) is 2. The fraction of sp³-hybridized carbons (Fsp3) is 0. The third kappa shape index (κ3) is 1.44. The molecule has 0 aliphatic heterocycles. The number of benzene rings is 1. The van der Waals surface area contributed by atoms with Gasteiger partial charge in [-0.05, 0) is 0 Å². The Hall–Kier alpha value is -0.265. The SMILES string of the molecule is OB(O)c1cc2ccccc2[te]1. The molecule has 0 bridgehead atoms. The van der Waals surface area contributed by atoms with Crippen LogP contribution in [0.2, 0.25) is 0 Å². The quantitative estimate of drug-likeness (QED) is 0.693. The van der Waals surface area contributed by atoms with Gasteiger partial charge in [0.2, 0.25) is 0 Å². The molecule has 1 aromatic carbocycles. The molecule has 0 saturated carbocycles. The molecule has 0 unspecified atom stereocenters. The molecule has 2 aromatic rings. The average Bonchev–Trinajstić information content (AvgIpc) is 2.46. The molecule has 1 heterocycles. The summed E-state index contributed by atoms with van der Waals surface area (Å²) in [5.41, 5.74) is 0. The minimum absolute atomic E-state index is 0.501. The van der Waals surface area contributed by atoms with Crippen molar-refractivity contribution in [3.05, 3.63) is 30.3 Å². The van der Waals surface area contributed by atoms with Gasteiger partial charge in [0, 0.05) is 0 Å². The van der Waals surface area contributed by atoms with Gasteiger partial charge in [-0.3, -0.25) is 0 Å². The van der Waals surface area contributed by atoms with Crippen LogP contribution in [0.25, 0.3) is 8.79 Å². The van der Waals surface area contributed by atoms with Crippen LogP contribution >= 0.6 is 0 Å². The summed E-state index contributed by atoms with van der Waals surface area (Å²) in [5, 5.41) is 19.0. The molecule has 2 rings (SSSR count). The van der Waals surface area contributed by atoms with Crippen molar-refractivity contribution in [1.29, 1.82) is 0 Å². The van der Waals surface area contributed by atoms with Crippen LogP contribution in [-0.2, 0) is 0 Å². The first-order valence-corrected chi connectivity index (χ1v) is 5.95. The zero-order valence-corrected chi connectivity index (χ0v) is 8.60. The van der Waals surface area contributed by atoms with E-state index >= 15 is 0 Å². The first-order valence-electron chi connectivity index (χ1n) is 3.62. The second-order valence-electron chi connectivity index (χ2n) is 2.56. The molecule has 0 fully saturated rings. The van der Waals surface area contributed by atoms with Gasteiger partial charge in [0.25, 0.3) is 0 Å². The van der Waals surface area contributed by atoms with E-state index in [0.29, 0.717) is 0 Å². The fourth-order valence-corrected chi connectivity index (χ4v) is 3.80. The molecule has 2 N–H and O–H groups in total. The molecule has 0 atom stereocenters. The first-order chi connectivity index (χ1) is 5.77. The maximum atomic E-state index is 8.94. The van der Waals surface area contributed by atoms with Crippen molar-refractivity contribution in [3.8, 4) is 0 Å². The van der Waals surface area contributed by atoms with Gasteiger partial charge in [-0.1, -0.05) is 0 Å². The van der Waals surface area contributed by atoms with E-state index in [1.807, 2.05) is 24.3 Å². The van der Waals surface area contributed by atoms with E-state index in [4.69, 9.17) is 10.0 Å². The first kappa shape index (κ1) is 8.34. The Morgan fingerprint density at radius 3 is 2.58 bits per heavy atom. The van der Waals surface area contributed by atoms with E-state index < -0.39 is 27.5 Å². The number of hydrogen-bond acceptors (Lipinski definition) is 2. The second kappa shape index (κ2) is 3.23. The van der Waals surface area contributed by atoms with E-state index in [0.717, 1.165) is 8.86 Å². The van der Waals surface area contributed by atoms with Gasteiger partial charge in [-0.15, -0.1) is 0 Å². The monoisotopic (exact) mass is 276 g/mol. The van der Waals surface area contributed by atoms with Crippen LogP contribution in [0, 0.1) is 0 Å². The van der Waals surface area contributed by atoms with Gasteiger partial charge >= 0.3 is 80.2 Å². The topological polar surface area (TPSA) is 40.5 Å². The molecule has 12 heavy (non-hydrogen) atoms. The van der Waals surface area contributed by atoms with Crippen molar-refractivity contribution in [2.75, 3.05) is 0 Å². The fourth-order valence-electron chi connectivity index (χ4n) is 1.13. The van der Waals surface area contributed by atoms with Crippen LogP contribution in [0.1, 0.15) is 0 Å². The molecule has 1 aromatic heterocycles. The van der Waals surface area contributed by atoms with Crippen LogP contribution < -0.4 is 3.48 Å². The van der Waals surface area contributed by atoms with Gasteiger partial charge in [0.15, 0.2) is 0 Å². The zero-order valence-electron chi connectivity index (χ0n) is 6.27. The predicted octanol–water partition coefficient (Wildman–Crippen LogP) is -0.423. The maximum absolute atomic E-state index is 8.94. The van der Waals surface area contributed by atoms with Crippen molar-refractivity contribution < 1.29 is 10.0 Å². The molecule has 0 aliphatic rings. The Morgan fingerprint density at radius 1 is 1.17 bits per heavy atom. The standard InChI is InChI=1S/C8H7BO2Te/c10-9(11)8-5-6-3-1-2-4-7(6)12-8/h1-5,10-11H. The summed E-state index contributed by atoms with van der Waals surface area (Å²) in [7, 11) is -1.25. The van der Waals surface area contributed by atoms with E-state index in [9.17, 15) is 0 Å². The van der Waals surface area contributed by atoms with E-state index in [2.05, 4.69) is 6.07 Å². The van der Waals surface area contributed by atoms with Crippen LogP contribution in [0.4, 0.5) is 0 Å². The Kier molecular flexibility index (Phi) is 2.25. The Balaban J connectivity index is 2.62. The van der Waals surface area contributed by atoms with Gasteiger partial charge in [-0.25, -0.2) is 0 Å². The van der Waals surface area contributed by atoms with Gasteiger partial charge in [0.1, 0.15) is 0 Å². The Morgan fingerprint density at radius 2 is 1.92 bits per heavy atom. The molecule has 4 heteroatoms. The van der Waals surface area contributed by atoms with Crippen molar-refractivity contribution in [1.82, 2.24) is 0 Å². The predicted molar refractivity (Wildman–Crippen MR) is 50.7 cm³/mol. The van der Waals surface area contributed by atoms with Crippen molar-refractivity contribution in [2.45, 2.75) is 0 Å². The minimum atomic E-state index is -1.25. The molecule has 0 spiro atoms. The van der Waals surface area contributed by atoms with E-state index in [1.54, 1.807) is 0 Å². The van der Waals surface area contributed by atoms with Crippen molar-refractivity contribution in [3.63, 3.8) is 0 Å². The van der Waals surface area contributed by atoms with Crippen LogP contribution in [0.15, 0.2) is 30.3 Å². The molecule has 0 saturated heterocycles. The summed E-state index contributed by atoms with van der Waals surface area (Å²) in [6.07, 6.45) is 0. The van der Waals surface area contributed by atoms with Crippen LogP contribution in [0.3, 0.4) is 0 Å². The van der Waals surface area contributed by atoms with E-state index in [-0.39, 0.29) is 0 Å². The van der Waals surface area contributed by atoms with Gasteiger partial charge < -0.3 is 0 Å². The Labute approximate surface area is 80.2 Å². The van der Waals surface area contributed by atoms with E-state index in [1.165, 1.54) is 3.40 Å². The van der Waals surface area contributed by atoms with Gasteiger partial charge in [-0.2, -0.15) is 0 Å². The summed E-state index contributed by atoms with van der Waals surface area (Å²) < 4.78 is 2.10. The molecule has 0 amide bonds. The third-order valence-corrected chi connectivity index (χ3v) is 5.00. The van der Waals surface area contributed by atoms with Crippen LogP contribution in [0.5, 0.6) is 0 Å². The van der Waals surface area contributed by atoms with Crippen LogP contribution in [-0.4, -0.2) is 37.6 Å². The second-order valence-corrected chi connectivity index (χ2v) is 5.74. The molecule has 60 valence electrons. The van der Waals surface area contributed by atoms with Crippen molar-refractivity contribution in [2.24, 2.45) is 0 Å². The molecular weight excluding hydrogens is 266 g/mol. The summed E-state index contributed by atoms with van der Waals surface area (Å²) in [6, 6.07) is 9.92. The summed E-state index contributed by atoms with van der Waals surface area (Å²) >= 11 is -0.501. The zero-order chi connectivity index (χ0) is 8.55. The summed E-state index contributed by atoms with van der Waals surface area (Å²) in [4.78, 5) is 0. The van der Waals surface area contributed by atoms with Crippen molar-refractivity contribution >= 4 is 39.8 Å². The Bertz CT molecular complexity index is 364. The molecule has 0 aliphatic carbocycles. The molecular formula is C8H7BO2Te. The van der Waals surface area contributed by atoms with Gasteiger partial charge in [0.05, 0.1) is 0 Å². The normalized spacial score (nSPS) is 10.5. The number of fused-ring (bicyclic) bond motifs is 1. The number of rotatable bonds is 1. The summed E-state index contributed by atoms with van der Waals surface area (Å²) in [5.74, 6) is 0. The third-order valence-electron chi connectivity index (χ3n) is 1.70. The molecule has 0 radical (unpaired) electrons. The molecule has 2 nitrogen and oxygen atoms in total. The average molecular weight is 274 g/mol. The summed E-state index contributed by atoms with van der Waals surface area (Å²) in [6.45, 7) is 0.